The Kier molecular flexibility index (Phi) is 3.41. The lowest BCUT2D eigenvalue weighted by Crippen LogP contribution is -2.41. The van der Waals surface area contributed by atoms with Gasteiger partial charge in [-0.05, 0) is 63.8 Å². The lowest BCUT2D eigenvalue weighted by molar-refractivity contribution is 0.00578. The van der Waals surface area contributed by atoms with Gasteiger partial charge in [-0.3, -0.25) is 0 Å². The van der Waals surface area contributed by atoms with Crippen molar-refractivity contribution in [3.05, 3.63) is 33.3 Å². The molecule has 1 fully saturated rings. The molecule has 108 valence electrons. The van der Waals surface area contributed by atoms with E-state index in [0.29, 0.717) is 15.9 Å². The van der Waals surface area contributed by atoms with Gasteiger partial charge < -0.3 is 9.31 Å². The van der Waals surface area contributed by atoms with E-state index >= 15 is 0 Å². The van der Waals surface area contributed by atoms with Gasteiger partial charge in [0.2, 0.25) is 0 Å². The third-order valence-corrected chi connectivity index (χ3v) is 5.59. The summed E-state index contributed by atoms with van der Waals surface area (Å²) in [5.74, 6) is 0.334. The maximum absolute atomic E-state index is 6.15. The summed E-state index contributed by atoms with van der Waals surface area (Å²) in [5, 5.41) is 1.25. The van der Waals surface area contributed by atoms with Crippen molar-refractivity contribution in [3.8, 4) is 0 Å². The van der Waals surface area contributed by atoms with Crippen molar-refractivity contribution in [2.24, 2.45) is 0 Å². The standard InChI is InChI=1S/C15H19BCl2O2/c1-14(2)15(3,4)20-16(19-14)11-5-9-7-12(17)13(18)8-10(9)6-11/h7-8,11H,5-6H2,1-4H3. The minimum Gasteiger partial charge on any atom is -0.403 e. The fourth-order valence-corrected chi connectivity index (χ4v) is 3.29. The molecule has 1 aliphatic heterocycles. The molecule has 20 heavy (non-hydrogen) atoms. The van der Waals surface area contributed by atoms with Crippen LogP contribution in [-0.4, -0.2) is 18.3 Å². The highest BCUT2D eigenvalue weighted by atomic mass is 35.5. The molecular weight excluding hydrogens is 294 g/mol. The number of hydrogen-bond donors (Lipinski definition) is 0. The van der Waals surface area contributed by atoms with Crippen LogP contribution in [0.1, 0.15) is 38.8 Å². The summed E-state index contributed by atoms with van der Waals surface area (Å²) in [6.07, 6.45) is 1.87. The second-order valence-corrected chi connectivity index (χ2v) is 7.64. The quantitative estimate of drug-likeness (QED) is 0.708. The number of fused-ring (bicyclic) bond motifs is 1. The van der Waals surface area contributed by atoms with E-state index in [1.54, 1.807) is 0 Å². The lowest BCUT2D eigenvalue weighted by atomic mass is 9.70. The van der Waals surface area contributed by atoms with Gasteiger partial charge in [0.15, 0.2) is 0 Å². The second-order valence-electron chi connectivity index (χ2n) is 6.83. The topological polar surface area (TPSA) is 18.5 Å². The molecule has 0 aromatic heterocycles. The molecule has 1 aromatic rings. The van der Waals surface area contributed by atoms with E-state index in [1.807, 2.05) is 12.1 Å². The van der Waals surface area contributed by atoms with Gasteiger partial charge in [0, 0.05) is 5.82 Å². The third-order valence-electron chi connectivity index (χ3n) is 4.86. The van der Waals surface area contributed by atoms with Crippen LogP contribution in [0.15, 0.2) is 12.1 Å². The van der Waals surface area contributed by atoms with Gasteiger partial charge in [-0.2, -0.15) is 0 Å². The Morgan fingerprint density at radius 1 is 0.950 bits per heavy atom. The summed E-state index contributed by atoms with van der Waals surface area (Å²) in [6, 6.07) is 3.95. The largest absolute Gasteiger partial charge is 0.461 e. The minimum atomic E-state index is -0.276. The van der Waals surface area contributed by atoms with Gasteiger partial charge in [0.1, 0.15) is 0 Å². The number of benzene rings is 1. The Labute approximate surface area is 130 Å². The van der Waals surface area contributed by atoms with Crippen LogP contribution in [0.4, 0.5) is 0 Å². The molecule has 3 rings (SSSR count). The van der Waals surface area contributed by atoms with E-state index in [0.717, 1.165) is 12.8 Å². The Balaban J connectivity index is 1.80. The highest BCUT2D eigenvalue weighted by Gasteiger charge is 2.54. The predicted octanol–water partition coefficient (Wildman–Crippen LogP) is 4.55. The van der Waals surface area contributed by atoms with Crippen molar-refractivity contribution in [1.82, 2.24) is 0 Å². The molecule has 1 saturated heterocycles. The summed E-state index contributed by atoms with van der Waals surface area (Å²) >= 11 is 12.2. The van der Waals surface area contributed by atoms with Gasteiger partial charge in [0.05, 0.1) is 21.2 Å². The van der Waals surface area contributed by atoms with Crippen molar-refractivity contribution in [2.45, 2.75) is 57.6 Å². The molecule has 2 nitrogen and oxygen atoms in total. The highest BCUT2D eigenvalue weighted by molar-refractivity contribution is 6.48. The van der Waals surface area contributed by atoms with Crippen LogP contribution in [0.3, 0.4) is 0 Å². The first kappa shape index (κ1) is 14.7. The van der Waals surface area contributed by atoms with E-state index in [4.69, 9.17) is 32.5 Å². The molecule has 1 aromatic carbocycles. The van der Waals surface area contributed by atoms with Gasteiger partial charge in [-0.1, -0.05) is 23.2 Å². The first-order chi connectivity index (χ1) is 9.19. The molecule has 0 saturated carbocycles. The summed E-state index contributed by atoms with van der Waals surface area (Å²) in [4.78, 5) is 0. The average Bonchev–Trinajstić information content (AvgIpc) is 2.79. The van der Waals surface area contributed by atoms with E-state index in [-0.39, 0.29) is 18.3 Å². The molecule has 0 amide bonds. The summed E-state index contributed by atoms with van der Waals surface area (Å²) in [5.41, 5.74) is 1.97. The lowest BCUT2D eigenvalue weighted by Gasteiger charge is -2.32. The number of hydrogen-bond acceptors (Lipinski definition) is 2. The first-order valence-electron chi connectivity index (χ1n) is 7.02. The molecule has 0 unspecified atom stereocenters. The van der Waals surface area contributed by atoms with Gasteiger partial charge in [0.25, 0.3) is 0 Å². The maximum atomic E-state index is 6.15. The zero-order valence-electron chi connectivity index (χ0n) is 12.3. The molecule has 0 spiro atoms. The van der Waals surface area contributed by atoms with Gasteiger partial charge in [-0.25, -0.2) is 0 Å². The zero-order chi connectivity index (χ0) is 14.7. The number of halogens is 2. The SMILES string of the molecule is CC1(C)OB(C2Cc3cc(Cl)c(Cl)cc3C2)OC1(C)C. The third kappa shape index (κ3) is 2.29. The van der Waals surface area contributed by atoms with Crippen molar-refractivity contribution in [1.29, 1.82) is 0 Å². The van der Waals surface area contributed by atoms with Crippen molar-refractivity contribution >= 4 is 30.3 Å². The second kappa shape index (κ2) is 4.64. The van der Waals surface area contributed by atoms with Crippen LogP contribution in [0, 0.1) is 0 Å². The van der Waals surface area contributed by atoms with Crippen molar-refractivity contribution in [3.63, 3.8) is 0 Å². The van der Waals surface area contributed by atoms with Crippen molar-refractivity contribution in [2.75, 3.05) is 0 Å². The van der Waals surface area contributed by atoms with Crippen LogP contribution in [0.25, 0.3) is 0 Å². The molecule has 0 radical (unpaired) electrons. The Morgan fingerprint density at radius 3 is 1.75 bits per heavy atom. The molecule has 1 aliphatic carbocycles. The smallest absolute Gasteiger partial charge is 0.403 e. The molecule has 2 aliphatic rings. The minimum absolute atomic E-state index is 0.162. The molecular formula is C15H19BCl2O2. The normalized spacial score (nSPS) is 24.2. The zero-order valence-corrected chi connectivity index (χ0v) is 13.8. The van der Waals surface area contributed by atoms with Crippen LogP contribution in [-0.2, 0) is 22.2 Å². The fraction of sp³-hybridized carbons (Fsp3) is 0.600. The van der Waals surface area contributed by atoms with Gasteiger partial charge in [-0.15, -0.1) is 0 Å². The van der Waals surface area contributed by atoms with Crippen LogP contribution < -0.4 is 0 Å². The Bertz CT molecular complexity index is 510. The van der Waals surface area contributed by atoms with E-state index < -0.39 is 0 Å². The maximum Gasteiger partial charge on any atom is 0.461 e. The average molecular weight is 313 g/mol. The monoisotopic (exact) mass is 312 g/mol. The van der Waals surface area contributed by atoms with Crippen LogP contribution in [0.5, 0.6) is 0 Å². The highest BCUT2D eigenvalue weighted by Crippen LogP contribution is 2.45. The fourth-order valence-electron chi connectivity index (χ4n) is 2.92. The summed E-state index contributed by atoms with van der Waals surface area (Å²) in [6.45, 7) is 8.34. The van der Waals surface area contributed by atoms with E-state index in [2.05, 4.69) is 27.7 Å². The number of rotatable bonds is 1. The molecule has 1 heterocycles. The Hall–Kier alpha value is -0.215. The molecule has 0 bridgehead atoms. The van der Waals surface area contributed by atoms with Gasteiger partial charge >= 0.3 is 7.12 Å². The summed E-state index contributed by atoms with van der Waals surface area (Å²) < 4.78 is 12.3. The van der Waals surface area contributed by atoms with E-state index in [9.17, 15) is 0 Å². The molecule has 0 N–H and O–H groups in total. The van der Waals surface area contributed by atoms with Crippen LogP contribution >= 0.6 is 23.2 Å². The van der Waals surface area contributed by atoms with E-state index in [1.165, 1.54) is 11.1 Å². The predicted molar refractivity (Wildman–Crippen MR) is 83.7 cm³/mol. The summed E-state index contributed by atoms with van der Waals surface area (Å²) in [7, 11) is -0.162. The van der Waals surface area contributed by atoms with Crippen molar-refractivity contribution < 1.29 is 9.31 Å². The molecule has 5 heteroatoms. The van der Waals surface area contributed by atoms with Crippen LogP contribution in [0.2, 0.25) is 15.9 Å². The Morgan fingerprint density at radius 2 is 1.35 bits per heavy atom. The molecule has 0 atom stereocenters. The first-order valence-corrected chi connectivity index (χ1v) is 7.78.